The van der Waals surface area contributed by atoms with Crippen LogP contribution in [0, 0.1) is 0 Å². The average Bonchev–Trinajstić information content (AvgIpc) is 3.37. The number of piperidine rings is 1. The van der Waals surface area contributed by atoms with E-state index in [0.717, 1.165) is 81.6 Å². The standard InChI is InChI=1S/C30H44N6O2/c1-38-27-13-11-24(12-14-27)21-29(37)36-20-8-10-26(23-36)35-19-7-4-9-25(22-35)32-30-31-16-15-28(33-30)34-17-5-2-3-6-18-34/h11-16,25-26H,2-10,17-23H2,1H3,(H,31,32,33). The van der Waals surface area contributed by atoms with Crippen molar-refractivity contribution >= 4 is 17.7 Å². The van der Waals surface area contributed by atoms with Gasteiger partial charge in [-0.1, -0.05) is 31.4 Å². The Morgan fingerprint density at radius 2 is 1.71 bits per heavy atom. The number of carbonyl (C=O) groups is 1. The molecule has 1 amide bonds. The molecule has 3 aliphatic rings. The van der Waals surface area contributed by atoms with E-state index in [2.05, 4.69) is 31.1 Å². The largest absolute Gasteiger partial charge is 0.497 e. The van der Waals surface area contributed by atoms with Gasteiger partial charge in [0, 0.05) is 51.0 Å². The summed E-state index contributed by atoms with van der Waals surface area (Å²) in [7, 11) is 1.66. The molecule has 2 unspecified atom stereocenters. The van der Waals surface area contributed by atoms with Gasteiger partial charge in [0.1, 0.15) is 11.6 Å². The minimum Gasteiger partial charge on any atom is -0.497 e. The third-order valence-electron chi connectivity index (χ3n) is 8.39. The first-order valence-electron chi connectivity index (χ1n) is 14.7. The maximum Gasteiger partial charge on any atom is 0.227 e. The van der Waals surface area contributed by atoms with Crippen LogP contribution in [0.4, 0.5) is 11.8 Å². The number of carbonyl (C=O) groups excluding carboxylic acids is 1. The van der Waals surface area contributed by atoms with E-state index in [9.17, 15) is 4.79 Å². The Morgan fingerprint density at radius 1 is 0.921 bits per heavy atom. The third-order valence-corrected chi connectivity index (χ3v) is 8.39. The highest BCUT2D eigenvalue weighted by molar-refractivity contribution is 5.79. The number of nitrogens with one attached hydrogen (secondary N) is 1. The summed E-state index contributed by atoms with van der Waals surface area (Å²) in [6, 6.07) is 10.6. The first-order valence-corrected chi connectivity index (χ1v) is 14.7. The molecule has 8 nitrogen and oxygen atoms in total. The molecule has 0 spiro atoms. The van der Waals surface area contributed by atoms with Crippen LogP contribution in [0.1, 0.15) is 63.4 Å². The highest BCUT2D eigenvalue weighted by Gasteiger charge is 2.30. The van der Waals surface area contributed by atoms with Crippen molar-refractivity contribution in [1.29, 1.82) is 0 Å². The summed E-state index contributed by atoms with van der Waals surface area (Å²) in [4.78, 5) is 29.8. The zero-order chi connectivity index (χ0) is 26.2. The summed E-state index contributed by atoms with van der Waals surface area (Å²) in [6.45, 7) is 5.92. The second-order valence-corrected chi connectivity index (χ2v) is 11.1. The quantitative estimate of drug-likeness (QED) is 0.581. The Hall–Kier alpha value is -2.87. The Labute approximate surface area is 227 Å². The summed E-state index contributed by atoms with van der Waals surface area (Å²) in [5.74, 6) is 2.84. The molecule has 5 rings (SSSR count). The lowest BCUT2D eigenvalue weighted by atomic mass is 10.0. The molecule has 2 aromatic rings. The maximum absolute atomic E-state index is 13.2. The Bertz CT molecular complexity index is 1020. The fraction of sp³-hybridized carbons (Fsp3) is 0.633. The number of benzene rings is 1. The van der Waals surface area contributed by atoms with Crippen LogP contribution in [0.2, 0.25) is 0 Å². The van der Waals surface area contributed by atoms with Gasteiger partial charge in [0.05, 0.1) is 13.5 Å². The highest BCUT2D eigenvalue weighted by Crippen LogP contribution is 2.24. The Balaban J connectivity index is 1.18. The van der Waals surface area contributed by atoms with Gasteiger partial charge in [0.25, 0.3) is 0 Å². The van der Waals surface area contributed by atoms with Gasteiger partial charge >= 0.3 is 0 Å². The van der Waals surface area contributed by atoms with Crippen LogP contribution in [-0.4, -0.2) is 84.1 Å². The molecule has 206 valence electrons. The van der Waals surface area contributed by atoms with Crippen LogP contribution in [0.3, 0.4) is 0 Å². The Kier molecular flexibility index (Phi) is 9.33. The predicted octanol–water partition coefficient (Wildman–Crippen LogP) is 4.37. The van der Waals surface area contributed by atoms with Crippen molar-refractivity contribution in [2.75, 3.05) is 56.6 Å². The second kappa shape index (κ2) is 13.3. The van der Waals surface area contributed by atoms with E-state index in [1.807, 2.05) is 30.5 Å². The van der Waals surface area contributed by atoms with E-state index in [1.165, 1.54) is 38.5 Å². The molecule has 0 bridgehead atoms. The van der Waals surface area contributed by atoms with Gasteiger partial charge in [-0.25, -0.2) is 4.98 Å². The molecule has 2 atom stereocenters. The van der Waals surface area contributed by atoms with Crippen molar-refractivity contribution in [3.05, 3.63) is 42.1 Å². The summed E-state index contributed by atoms with van der Waals surface area (Å²) in [5, 5.41) is 3.68. The average molecular weight is 521 g/mol. The SMILES string of the molecule is COc1ccc(CC(=O)N2CCCC(N3CCCCC(Nc4nccc(N5CCCCCC5)n4)C3)C2)cc1. The van der Waals surface area contributed by atoms with E-state index in [-0.39, 0.29) is 5.91 Å². The zero-order valence-corrected chi connectivity index (χ0v) is 23.0. The molecule has 1 aromatic heterocycles. The number of amides is 1. The lowest BCUT2D eigenvalue weighted by Crippen LogP contribution is -2.52. The van der Waals surface area contributed by atoms with Gasteiger partial charge in [-0.05, 0) is 68.8 Å². The number of hydrogen-bond acceptors (Lipinski definition) is 7. The predicted molar refractivity (Wildman–Crippen MR) is 152 cm³/mol. The lowest BCUT2D eigenvalue weighted by Gasteiger charge is -2.40. The molecule has 1 aromatic carbocycles. The molecule has 4 heterocycles. The van der Waals surface area contributed by atoms with Crippen molar-refractivity contribution in [2.45, 2.75) is 76.3 Å². The van der Waals surface area contributed by atoms with E-state index < -0.39 is 0 Å². The van der Waals surface area contributed by atoms with Crippen molar-refractivity contribution in [1.82, 2.24) is 19.8 Å². The fourth-order valence-electron chi connectivity index (χ4n) is 6.21. The minimum absolute atomic E-state index is 0.225. The van der Waals surface area contributed by atoms with Crippen LogP contribution >= 0.6 is 0 Å². The molecule has 0 saturated carbocycles. The van der Waals surface area contributed by atoms with Crippen molar-refractivity contribution < 1.29 is 9.53 Å². The van der Waals surface area contributed by atoms with Crippen LogP contribution in [-0.2, 0) is 11.2 Å². The van der Waals surface area contributed by atoms with Gasteiger partial charge in [-0.15, -0.1) is 0 Å². The monoisotopic (exact) mass is 520 g/mol. The number of aromatic nitrogens is 2. The molecular weight excluding hydrogens is 476 g/mol. The molecule has 38 heavy (non-hydrogen) atoms. The molecule has 3 saturated heterocycles. The highest BCUT2D eigenvalue weighted by atomic mass is 16.5. The van der Waals surface area contributed by atoms with E-state index in [4.69, 9.17) is 9.72 Å². The van der Waals surface area contributed by atoms with Gasteiger partial charge < -0.3 is 19.9 Å². The molecule has 0 aliphatic carbocycles. The molecule has 0 radical (unpaired) electrons. The minimum atomic E-state index is 0.225. The summed E-state index contributed by atoms with van der Waals surface area (Å²) >= 11 is 0. The second-order valence-electron chi connectivity index (χ2n) is 11.1. The van der Waals surface area contributed by atoms with Crippen LogP contribution in [0.25, 0.3) is 0 Å². The zero-order valence-electron chi connectivity index (χ0n) is 23.0. The Morgan fingerprint density at radius 3 is 2.50 bits per heavy atom. The van der Waals surface area contributed by atoms with Crippen LogP contribution in [0.15, 0.2) is 36.5 Å². The van der Waals surface area contributed by atoms with Gasteiger partial charge in [0.2, 0.25) is 11.9 Å². The van der Waals surface area contributed by atoms with E-state index in [0.29, 0.717) is 18.5 Å². The first-order chi connectivity index (χ1) is 18.7. The number of rotatable bonds is 7. The fourth-order valence-corrected chi connectivity index (χ4v) is 6.21. The number of nitrogens with zero attached hydrogens (tertiary/aromatic N) is 5. The maximum atomic E-state index is 13.2. The van der Waals surface area contributed by atoms with Crippen molar-refractivity contribution in [2.24, 2.45) is 0 Å². The molecule has 3 aliphatic heterocycles. The van der Waals surface area contributed by atoms with Crippen molar-refractivity contribution in [3.8, 4) is 5.75 Å². The summed E-state index contributed by atoms with van der Waals surface area (Å²) in [5.41, 5.74) is 1.04. The number of anilines is 2. The first kappa shape index (κ1) is 26.7. The number of ether oxygens (including phenoxy) is 1. The van der Waals surface area contributed by atoms with E-state index in [1.54, 1.807) is 7.11 Å². The summed E-state index contributed by atoms with van der Waals surface area (Å²) < 4.78 is 5.25. The van der Waals surface area contributed by atoms with Gasteiger partial charge in [-0.3, -0.25) is 9.69 Å². The lowest BCUT2D eigenvalue weighted by molar-refractivity contribution is -0.132. The topological polar surface area (TPSA) is 73.8 Å². The van der Waals surface area contributed by atoms with E-state index >= 15 is 0 Å². The molecule has 3 fully saturated rings. The third kappa shape index (κ3) is 7.16. The summed E-state index contributed by atoms with van der Waals surface area (Å²) in [6.07, 6.45) is 13.2. The van der Waals surface area contributed by atoms with Crippen LogP contribution in [0.5, 0.6) is 5.75 Å². The number of hydrogen-bond donors (Lipinski definition) is 1. The van der Waals surface area contributed by atoms with Gasteiger partial charge in [-0.2, -0.15) is 4.98 Å². The molecule has 1 N–H and O–H groups in total. The smallest absolute Gasteiger partial charge is 0.227 e. The van der Waals surface area contributed by atoms with Crippen molar-refractivity contribution in [3.63, 3.8) is 0 Å². The molecular formula is C30H44N6O2. The molecule has 8 heteroatoms. The van der Waals surface area contributed by atoms with Crippen LogP contribution < -0.4 is 15.0 Å². The number of likely N-dealkylation sites (tertiary alicyclic amines) is 2. The van der Waals surface area contributed by atoms with Gasteiger partial charge in [0.15, 0.2) is 0 Å². The normalized spacial score (nSPS) is 23.4. The number of methoxy groups -OCH3 is 1.